The maximum absolute atomic E-state index is 11.6. The molecule has 0 saturated heterocycles. The van der Waals surface area contributed by atoms with Gasteiger partial charge in [0.15, 0.2) is 5.78 Å². The molecule has 86 valence electrons. The van der Waals surface area contributed by atoms with Crippen LogP contribution in [0.4, 0.5) is 0 Å². The molecule has 0 saturated carbocycles. The molecule has 0 aliphatic heterocycles. The van der Waals surface area contributed by atoms with Crippen molar-refractivity contribution >= 4 is 27.7 Å². The van der Waals surface area contributed by atoms with Gasteiger partial charge in [-0.15, -0.1) is 0 Å². The monoisotopic (exact) mass is 284 g/mol. The van der Waals surface area contributed by atoms with Gasteiger partial charge >= 0.3 is 5.97 Å². The van der Waals surface area contributed by atoms with E-state index in [2.05, 4.69) is 15.9 Å². The Balaban J connectivity index is 2.63. The van der Waals surface area contributed by atoms with E-state index in [0.717, 1.165) is 11.8 Å². The Morgan fingerprint density at radius 2 is 1.88 bits per heavy atom. The van der Waals surface area contributed by atoms with Crippen LogP contribution in [0.1, 0.15) is 30.1 Å². The fourth-order valence-electron chi connectivity index (χ4n) is 1.25. The van der Waals surface area contributed by atoms with E-state index in [9.17, 15) is 9.59 Å². The number of halogens is 1. The summed E-state index contributed by atoms with van der Waals surface area (Å²) < 4.78 is 4.87. The highest BCUT2D eigenvalue weighted by molar-refractivity contribution is 9.09. The van der Waals surface area contributed by atoms with Crippen molar-refractivity contribution in [3.8, 4) is 5.75 Å². The number of hydrogen-bond donors (Lipinski definition) is 0. The van der Waals surface area contributed by atoms with Crippen molar-refractivity contribution in [2.24, 2.45) is 0 Å². The fraction of sp³-hybridized carbons (Fsp3) is 0.333. The van der Waals surface area contributed by atoms with Crippen molar-refractivity contribution in [2.45, 2.75) is 19.8 Å². The van der Waals surface area contributed by atoms with Crippen molar-refractivity contribution in [3.63, 3.8) is 0 Å². The summed E-state index contributed by atoms with van der Waals surface area (Å²) in [7, 11) is 0. The lowest BCUT2D eigenvalue weighted by Crippen LogP contribution is -2.02. The minimum absolute atomic E-state index is 0.105. The lowest BCUT2D eigenvalue weighted by molar-refractivity contribution is -0.131. The smallest absolute Gasteiger partial charge is 0.308 e. The first-order valence-electron chi connectivity index (χ1n) is 5.01. The predicted molar refractivity (Wildman–Crippen MR) is 65.1 cm³/mol. The Morgan fingerprint density at radius 1 is 1.25 bits per heavy atom. The summed E-state index contributed by atoms with van der Waals surface area (Å²) in [4.78, 5) is 22.3. The highest BCUT2D eigenvalue weighted by Gasteiger charge is 2.05. The zero-order valence-electron chi connectivity index (χ0n) is 9.03. The molecule has 0 spiro atoms. The SMILES string of the molecule is CC(=O)Oc1ccc(C(=O)CCCBr)cc1. The summed E-state index contributed by atoms with van der Waals surface area (Å²) in [5, 5.41) is 0.824. The molecular formula is C12H13BrO3. The highest BCUT2D eigenvalue weighted by Crippen LogP contribution is 2.14. The third-order valence-corrected chi connectivity index (χ3v) is 2.54. The van der Waals surface area contributed by atoms with Crippen LogP contribution < -0.4 is 4.74 Å². The van der Waals surface area contributed by atoms with E-state index in [1.54, 1.807) is 24.3 Å². The van der Waals surface area contributed by atoms with E-state index in [-0.39, 0.29) is 11.8 Å². The van der Waals surface area contributed by atoms with Crippen molar-refractivity contribution < 1.29 is 14.3 Å². The van der Waals surface area contributed by atoms with Crippen LogP contribution in [0.5, 0.6) is 5.75 Å². The van der Waals surface area contributed by atoms with Crippen LogP contribution in [0.15, 0.2) is 24.3 Å². The van der Waals surface area contributed by atoms with Gasteiger partial charge in [0, 0.05) is 24.2 Å². The molecule has 1 aromatic carbocycles. The second-order valence-electron chi connectivity index (χ2n) is 3.33. The predicted octanol–water partition coefficient (Wildman–Crippen LogP) is 2.97. The molecule has 16 heavy (non-hydrogen) atoms. The largest absolute Gasteiger partial charge is 0.427 e. The number of ketones is 1. The van der Waals surface area contributed by atoms with E-state index < -0.39 is 0 Å². The van der Waals surface area contributed by atoms with Crippen LogP contribution in [0, 0.1) is 0 Å². The lowest BCUT2D eigenvalue weighted by atomic mass is 10.1. The standard InChI is InChI=1S/C12H13BrO3/c1-9(14)16-11-6-4-10(5-7-11)12(15)3-2-8-13/h4-7H,2-3,8H2,1H3. The van der Waals surface area contributed by atoms with Crippen LogP contribution in [-0.4, -0.2) is 17.1 Å². The summed E-state index contributed by atoms with van der Waals surface area (Å²) in [5.41, 5.74) is 0.650. The molecule has 0 aliphatic rings. The lowest BCUT2D eigenvalue weighted by Gasteiger charge is -2.02. The van der Waals surface area contributed by atoms with Gasteiger partial charge in [-0.1, -0.05) is 15.9 Å². The Hall–Kier alpha value is -1.16. The minimum atomic E-state index is -0.363. The molecule has 0 heterocycles. The Kier molecular flexibility index (Phi) is 5.19. The number of hydrogen-bond acceptors (Lipinski definition) is 3. The van der Waals surface area contributed by atoms with E-state index >= 15 is 0 Å². The molecule has 1 aromatic rings. The molecule has 0 N–H and O–H groups in total. The van der Waals surface area contributed by atoms with E-state index in [1.807, 2.05) is 0 Å². The number of carbonyl (C=O) groups excluding carboxylic acids is 2. The van der Waals surface area contributed by atoms with Gasteiger partial charge in [-0.2, -0.15) is 0 Å². The normalized spacial score (nSPS) is 9.88. The van der Waals surface area contributed by atoms with Gasteiger partial charge in [-0.3, -0.25) is 9.59 Å². The van der Waals surface area contributed by atoms with E-state index in [0.29, 0.717) is 17.7 Å². The molecule has 3 nitrogen and oxygen atoms in total. The number of rotatable bonds is 5. The first-order chi connectivity index (χ1) is 7.63. The molecule has 4 heteroatoms. The molecule has 0 amide bonds. The number of alkyl halides is 1. The molecule has 1 rings (SSSR count). The van der Waals surface area contributed by atoms with Gasteiger partial charge in [0.1, 0.15) is 5.75 Å². The zero-order chi connectivity index (χ0) is 12.0. The summed E-state index contributed by atoms with van der Waals surface area (Å²) in [6.07, 6.45) is 1.35. The Labute approximate surface area is 103 Å². The molecule has 0 aromatic heterocycles. The summed E-state index contributed by atoms with van der Waals surface area (Å²) in [5.74, 6) is 0.205. The second-order valence-corrected chi connectivity index (χ2v) is 4.13. The van der Waals surface area contributed by atoms with Gasteiger partial charge in [-0.05, 0) is 30.7 Å². The van der Waals surface area contributed by atoms with Crippen LogP contribution in [0.3, 0.4) is 0 Å². The fourth-order valence-corrected chi connectivity index (χ4v) is 1.53. The van der Waals surface area contributed by atoms with Crippen molar-refractivity contribution in [1.82, 2.24) is 0 Å². The highest BCUT2D eigenvalue weighted by atomic mass is 79.9. The minimum Gasteiger partial charge on any atom is -0.427 e. The first-order valence-corrected chi connectivity index (χ1v) is 6.13. The van der Waals surface area contributed by atoms with Crippen molar-refractivity contribution in [3.05, 3.63) is 29.8 Å². The second kappa shape index (κ2) is 6.43. The average molecular weight is 285 g/mol. The molecule has 0 radical (unpaired) electrons. The number of benzene rings is 1. The average Bonchev–Trinajstić information content (AvgIpc) is 2.26. The number of Topliss-reactive ketones (excluding diaryl/α,β-unsaturated/α-hetero) is 1. The maximum atomic E-state index is 11.6. The molecule has 0 unspecified atom stereocenters. The van der Waals surface area contributed by atoms with Crippen LogP contribution in [0.25, 0.3) is 0 Å². The van der Waals surface area contributed by atoms with E-state index in [4.69, 9.17) is 4.74 Å². The molecule has 0 aliphatic carbocycles. The Bertz CT molecular complexity index is 370. The van der Waals surface area contributed by atoms with Gasteiger partial charge in [0.2, 0.25) is 0 Å². The van der Waals surface area contributed by atoms with Gasteiger partial charge in [0.25, 0.3) is 0 Å². The van der Waals surface area contributed by atoms with Gasteiger partial charge < -0.3 is 4.74 Å². The third-order valence-electron chi connectivity index (χ3n) is 1.98. The quantitative estimate of drug-likeness (QED) is 0.361. The van der Waals surface area contributed by atoms with Gasteiger partial charge in [-0.25, -0.2) is 0 Å². The van der Waals surface area contributed by atoms with Crippen LogP contribution in [0.2, 0.25) is 0 Å². The number of ether oxygens (including phenoxy) is 1. The maximum Gasteiger partial charge on any atom is 0.308 e. The van der Waals surface area contributed by atoms with Crippen LogP contribution >= 0.6 is 15.9 Å². The van der Waals surface area contributed by atoms with Crippen molar-refractivity contribution in [1.29, 1.82) is 0 Å². The molecular weight excluding hydrogens is 272 g/mol. The zero-order valence-corrected chi connectivity index (χ0v) is 10.6. The van der Waals surface area contributed by atoms with Crippen molar-refractivity contribution in [2.75, 3.05) is 5.33 Å². The summed E-state index contributed by atoms with van der Waals surface area (Å²) >= 11 is 3.28. The summed E-state index contributed by atoms with van der Waals surface area (Å²) in [6.45, 7) is 1.34. The molecule has 0 fully saturated rings. The topological polar surface area (TPSA) is 43.4 Å². The Morgan fingerprint density at radius 3 is 2.38 bits per heavy atom. The summed E-state index contributed by atoms with van der Waals surface area (Å²) in [6, 6.07) is 6.61. The van der Waals surface area contributed by atoms with Gasteiger partial charge in [0.05, 0.1) is 0 Å². The number of carbonyl (C=O) groups is 2. The van der Waals surface area contributed by atoms with Crippen LogP contribution in [-0.2, 0) is 4.79 Å². The number of esters is 1. The van der Waals surface area contributed by atoms with E-state index in [1.165, 1.54) is 6.92 Å². The molecule has 0 atom stereocenters. The molecule has 0 bridgehead atoms. The first kappa shape index (κ1) is 12.9. The third kappa shape index (κ3) is 4.14.